The van der Waals surface area contributed by atoms with E-state index in [9.17, 15) is 9.59 Å². The second-order valence-electron chi connectivity index (χ2n) is 6.83. The number of hydrogen-bond acceptors (Lipinski definition) is 3. The van der Waals surface area contributed by atoms with Crippen LogP contribution in [-0.2, 0) is 12.8 Å². The first-order chi connectivity index (χ1) is 12.1. The van der Waals surface area contributed by atoms with E-state index in [1.165, 1.54) is 17.3 Å². The minimum atomic E-state index is -0.961. The van der Waals surface area contributed by atoms with Gasteiger partial charge in [-0.25, -0.2) is 4.79 Å². The van der Waals surface area contributed by atoms with E-state index in [1.54, 1.807) is 10.9 Å². The highest BCUT2D eigenvalue weighted by Crippen LogP contribution is 2.28. The van der Waals surface area contributed by atoms with Crippen LogP contribution in [0.3, 0.4) is 0 Å². The van der Waals surface area contributed by atoms with Crippen LogP contribution >= 0.6 is 0 Å². The van der Waals surface area contributed by atoms with Gasteiger partial charge >= 0.3 is 5.97 Å². The molecule has 0 bridgehead atoms. The SMILES string of the molecule is O=C(O)c1cnn(C2CCN(C(=O)c3cccc4c3CCC4)CC2)c1. The van der Waals surface area contributed by atoms with Crippen molar-refractivity contribution in [3.05, 3.63) is 52.8 Å². The molecule has 25 heavy (non-hydrogen) atoms. The summed E-state index contributed by atoms with van der Waals surface area (Å²) in [5, 5.41) is 13.2. The van der Waals surface area contributed by atoms with E-state index >= 15 is 0 Å². The lowest BCUT2D eigenvalue weighted by molar-refractivity contribution is 0.0687. The molecule has 0 spiro atoms. The van der Waals surface area contributed by atoms with Gasteiger partial charge in [0.05, 0.1) is 17.8 Å². The predicted molar refractivity (Wildman–Crippen MR) is 91.8 cm³/mol. The number of piperidine rings is 1. The predicted octanol–water partition coefficient (Wildman–Crippen LogP) is 2.55. The molecule has 1 aromatic heterocycles. The molecule has 6 heteroatoms. The number of carbonyl (C=O) groups is 2. The topological polar surface area (TPSA) is 75.4 Å². The number of carboxylic acids is 1. The molecule has 0 atom stereocenters. The Hall–Kier alpha value is -2.63. The summed E-state index contributed by atoms with van der Waals surface area (Å²) in [7, 11) is 0. The lowest BCUT2D eigenvalue weighted by Gasteiger charge is -2.32. The number of fused-ring (bicyclic) bond motifs is 1. The van der Waals surface area contributed by atoms with Crippen LogP contribution in [0.1, 0.15) is 57.1 Å². The van der Waals surface area contributed by atoms with Crippen molar-refractivity contribution in [1.29, 1.82) is 0 Å². The molecule has 4 rings (SSSR count). The number of amides is 1. The number of rotatable bonds is 3. The Labute approximate surface area is 146 Å². The maximum absolute atomic E-state index is 12.9. The summed E-state index contributed by atoms with van der Waals surface area (Å²) >= 11 is 0. The van der Waals surface area contributed by atoms with Gasteiger partial charge in [-0.15, -0.1) is 0 Å². The molecule has 1 aliphatic carbocycles. The Bertz CT molecular complexity index is 819. The van der Waals surface area contributed by atoms with Crippen LogP contribution in [0.15, 0.2) is 30.6 Å². The molecular weight excluding hydrogens is 318 g/mol. The lowest BCUT2D eigenvalue weighted by Crippen LogP contribution is -2.39. The first-order valence-corrected chi connectivity index (χ1v) is 8.81. The molecule has 1 saturated heterocycles. The van der Waals surface area contributed by atoms with Gasteiger partial charge in [-0.05, 0) is 49.3 Å². The van der Waals surface area contributed by atoms with Gasteiger partial charge in [-0.2, -0.15) is 5.10 Å². The number of hydrogen-bond donors (Lipinski definition) is 1. The summed E-state index contributed by atoms with van der Waals surface area (Å²) in [6, 6.07) is 6.22. The minimum Gasteiger partial charge on any atom is -0.478 e. The van der Waals surface area contributed by atoms with Crippen molar-refractivity contribution in [1.82, 2.24) is 14.7 Å². The first-order valence-electron chi connectivity index (χ1n) is 8.81. The number of aryl methyl sites for hydroxylation is 1. The standard InChI is InChI=1S/C19H21N3O3/c23-18(17-6-2-4-13-3-1-5-16(13)17)21-9-7-15(8-10-21)22-12-14(11-20-22)19(24)25/h2,4,6,11-12,15H,1,3,5,7-10H2,(H,24,25). The third-order valence-corrected chi connectivity index (χ3v) is 5.35. The van der Waals surface area contributed by atoms with Crippen LogP contribution in [0.2, 0.25) is 0 Å². The number of nitrogens with zero attached hydrogens (tertiary/aromatic N) is 3. The average Bonchev–Trinajstić information content (AvgIpc) is 3.30. The minimum absolute atomic E-state index is 0.129. The molecule has 6 nitrogen and oxygen atoms in total. The zero-order valence-corrected chi connectivity index (χ0v) is 14.0. The summed E-state index contributed by atoms with van der Waals surface area (Å²) in [5.74, 6) is -0.833. The Kier molecular flexibility index (Phi) is 4.03. The maximum atomic E-state index is 12.9. The van der Waals surface area contributed by atoms with Gasteiger partial charge < -0.3 is 10.0 Å². The zero-order chi connectivity index (χ0) is 17.4. The molecule has 0 radical (unpaired) electrons. The third-order valence-electron chi connectivity index (χ3n) is 5.35. The molecule has 2 aromatic rings. The van der Waals surface area contributed by atoms with Gasteiger partial charge in [0.1, 0.15) is 0 Å². The fourth-order valence-corrected chi connectivity index (χ4v) is 3.97. The fourth-order valence-electron chi connectivity index (χ4n) is 3.97. The van der Waals surface area contributed by atoms with Gasteiger partial charge in [0.25, 0.3) is 5.91 Å². The first kappa shape index (κ1) is 15.9. The number of benzene rings is 1. The number of carboxylic acid groups (broad SMARTS) is 1. The molecule has 2 aliphatic rings. The molecule has 1 aliphatic heterocycles. The summed E-state index contributed by atoms with van der Waals surface area (Å²) in [5.41, 5.74) is 3.62. The quantitative estimate of drug-likeness (QED) is 0.932. The highest BCUT2D eigenvalue weighted by atomic mass is 16.4. The van der Waals surface area contributed by atoms with Crippen molar-refractivity contribution in [2.75, 3.05) is 13.1 Å². The monoisotopic (exact) mass is 339 g/mol. The smallest absolute Gasteiger partial charge is 0.338 e. The molecular formula is C19H21N3O3. The van der Waals surface area contributed by atoms with E-state index in [-0.39, 0.29) is 17.5 Å². The van der Waals surface area contributed by atoms with Crippen LogP contribution < -0.4 is 0 Å². The Morgan fingerprint density at radius 2 is 1.96 bits per heavy atom. The second-order valence-corrected chi connectivity index (χ2v) is 6.83. The zero-order valence-electron chi connectivity index (χ0n) is 14.0. The molecule has 2 heterocycles. The second kappa shape index (κ2) is 6.35. The maximum Gasteiger partial charge on any atom is 0.338 e. The van der Waals surface area contributed by atoms with Crippen molar-refractivity contribution in [3.8, 4) is 0 Å². The molecule has 1 aromatic carbocycles. The van der Waals surface area contributed by atoms with Crippen molar-refractivity contribution in [3.63, 3.8) is 0 Å². The van der Waals surface area contributed by atoms with Crippen LogP contribution in [0.25, 0.3) is 0 Å². The van der Waals surface area contributed by atoms with Gasteiger partial charge in [0, 0.05) is 24.8 Å². The summed E-state index contributed by atoms with van der Waals surface area (Å²) < 4.78 is 1.73. The van der Waals surface area contributed by atoms with Gasteiger partial charge in [-0.1, -0.05) is 12.1 Å². The van der Waals surface area contributed by atoms with E-state index in [0.29, 0.717) is 13.1 Å². The van der Waals surface area contributed by atoms with Crippen molar-refractivity contribution in [2.24, 2.45) is 0 Å². The molecule has 1 fully saturated rings. The number of aromatic carboxylic acids is 1. The van der Waals surface area contributed by atoms with Gasteiger partial charge in [0.2, 0.25) is 0 Å². The molecule has 0 unspecified atom stereocenters. The third kappa shape index (κ3) is 2.92. The molecule has 0 saturated carbocycles. The van der Waals surface area contributed by atoms with Crippen molar-refractivity contribution >= 4 is 11.9 Å². The van der Waals surface area contributed by atoms with Crippen molar-refractivity contribution in [2.45, 2.75) is 38.1 Å². The van der Waals surface area contributed by atoms with E-state index in [2.05, 4.69) is 11.2 Å². The van der Waals surface area contributed by atoms with Crippen LogP contribution in [-0.4, -0.2) is 44.8 Å². The van der Waals surface area contributed by atoms with Crippen molar-refractivity contribution < 1.29 is 14.7 Å². The van der Waals surface area contributed by atoms with Crippen LogP contribution in [0.4, 0.5) is 0 Å². The Morgan fingerprint density at radius 3 is 2.68 bits per heavy atom. The number of likely N-dealkylation sites (tertiary alicyclic amines) is 1. The molecule has 1 N–H and O–H groups in total. The molecule has 130 valence electrons. The van der Waals surface area contributed by atoms with Gasteiger partial charge in [0.15, 0.2) is 0 Å². The lowest BCUT2D eigenvalue weighted by atomic mass is 10.00. The Balaban J connectivity index is 1.44. The van der Waals surface area contributed by atoms with E-state index in [4.69, 9.17) is 5.11 Å². The fraction of sp³-hybridized carbons (Fsp3) is 0.421. The summed E-state index contributed by atoms with van der Waals surface area (Å²) in [6.45, 7) is 1.35. The molecule has 1 amide bonds. The normalized spacial score (nSPS) is 17.5. The highest BCUT2D eigenvalue weighted by Gasteiger charge is 2.27. The largest absolute Gasteiger partial charge is 0.478 e. The van der Waals surface area contributed by atoms with Crippen LogP contribution in [0.5, 0.6) is 0 Å². The van der Waals surface area contributed by atoms with E-state index < -0.39 is 5.97 Å². The van der Waals surface area contributed by atoms with E-state index in [0.717, 1.165) is 37.7 Å². The van der Waals surface area contributed by atoms with Gasteiger partial charge in [-0.3, -0.25) is 9.48 Å². The number of carbonyl (C=O) groups excluding carboxylic acids is 1. The summed E-state index contributed by atoms with van der Waals surface area (Å²) in [4.78, 5) is 25.8. The summed E-state index contributed by atoms with van der Waals surface area (Å²) in [6.07, 6.45) is 7.75. The van der Waals surface area contributed by atoms with Crippen LogP contribution in [0, 0.1) is 0 Å². The Morgan fingerprint density at radius 1 is 1.16 bits per heavy atom. The average molecular weight is 339 g/mol. The highest BCUT2D eigenvalue weighted by molar-refractivity contribution is 5.96. The van der Waals surface area contributed by atoms with E-state index in [1.807, 2.05) is 17.0 Å². The number of aromatic nitrogens is 2.